The largest absolute Gasteiger partial charge is 0.372 e. The molecule has 0 aromatic carbocycles. The first-order valence-corrected chi connectivity index (χ1v) is 14.3. The van der Waals surface area contributed by atoms with Crippen LogP contribution in [0.5, 0.6) is 0 Å². The predicted molar refractivity (Wildman–Crippen MR) is 151 cm³/mol. The van der Waals surface area contributed by atoms with Crippen molar-refractivity contribution in [2.75, 3.05) is 24.5 Å². The van der Waals surface area contributed by atoms with Gasteiger partial charge in [0.2, 0.25) is 0 Å². The molecule has 3 rings (SSSR count). The number of morpholine rings is 1. The minimum absolute atomic E-state index is 0.00592. The number of hydrogen-bond acceptors (Lipinski definition) is 7. The third-order valence-corrected chi connectivity index (χ3v) is 8.06. The molecule has 7 nitrogen and oxygen atoms in total. The van der Waals surface area contributed by atoms with E-state index >= 15 is 0 Å². The third kappa shape index (κ3) is 6.21. The molecule has 1 aromatic rings. The van der Waals surface area contributed by atoms with Crippen molar-refractivity contribution in [3.8, 4) is 6.07 Å². The van der Waals surface area contributed by atoms with E-state index in [1.165, 1.54) is 11.8 Å². The van der Waals surface area contributed by atoms with Gasteiger partial charge in [-0.05, 0) is 45.3 Å². The summed E-state index contributed by atoms with van der Waals surface area (Å²) in [5.41, 5.74) is 1.21. The molecule has 0 saturated carbocycles. The number of carbonyl (C=O) groups is 1. The Balaban J connectivity index is 2.12. The summed E-state index contributed by atoms with van der Waals surface area (Å²) in [7, 11) is 0. The number of pyridine rings is 1. The number of anilines is 1. The highest BCUT2D eigenvalue weighted by Gasteiger charge is 2.34. The maximum atomic E-state index is 13.4. The second kappa shape index (κ2) is 12.9. The van der Waals surface area contributed by atoms with E-state index in [2.05, 4.69) is 24.8 Å². The molecule has 2 atom stereocenters. The first-order chi connectivity index (χ1) is 17.2. The van der Waals surface area contributed by atoms with E-state index < -0.39 is 0 Å². The molecule has 1 aromatic heterocycles. The van der Waals surface area contributed by atoms with Crippen molar-refractivity contribution >= 4 is 46.1 Å². The van der Waals surface area contributed by atoms with E-state index in [1.54, 1.807) is 16.4 Å². The Morgan fingerprint density at radius 2 is 1.75 bits per heavy atom. The van der Waals surface area contributed by atoms with Gasteiger partial charge in [-0.25, -0.2) is 0 Å². The van der Waals surface area contributed by atoms with Crippen molar-refractivity contribution in [2.45, 2.75) is 91.9 Å². The maximum absolute atomic E-state index is 13.4. The Labute approximate surface area is 224 Å². The normalized spacial score (nSPS) is 21.5. The summed E-state index contributed by atoms with van der Waals surface area (Å²) in [5.74, 6) is 0.667. The van der Waals surface area contributed by atoms with E-state index in [0.717, 1.165) is 49.9 Å². The molecule has 196 valence electrons. The van der Waals surface area contributed by atoms with Crippen molar-refractivity contribution in [3.63, 3.8) is 0 Å². The van der Waals surface area contributed by atoms with Gasteiger partial charge in [-0.15, -0.1) is 0 Å². The van der Waals surface area contributed by atoms with Gasteiger partial charge in [-0.2, -0.15) is 5.26 Å². The molecule has 2 aliphatic heterocycles. The average molecular weight is 531 g/mol. The smallest absolute Gasteiger partial charge is 0.270 e. The zero-order valence-electron chi connectivity index (χ0n) is 22.1. The van der Waals surface area contributed by atoms with Crippen molar-refractivity contribution < 1.29 is 9.53 Å². The van der Waals surface area contributed by atoms with Crippen LogP contribution in [0.3, 0.4) is 0 Å². The highest BCUT2D eigenvalue weighted by Crippen LogP contribution is 2.36. The summed E-state index contributed by atoms with van der Waals surface area (Å²) >= 11 is 6.86. The maximum Gasteiger partial charge on any atom is 0.270 e. The fourth-order valence-corrected chi connectivity index (χ4v) is 6.17. The number of aromatic nitrogens is 1. The van der Waals surface area contributed by atoms with Crippen molar-refractivity contribution in [2.24, 2.45) is 0 Å². The lowest BCUT2D eigenvalue weighted by molar-refractivity contribution is -0.122. The zero-order valence-corrected chi connectivity index (χ0v) is 23.8. The monoisotopic (exact) mass is 530 g/mol. The van der Waals surface area contributed by atoms with E-state index in [0.29, 0.717) is 41.0 Å². The summed E-state index contributed by atoms with van der Waals surface area (Å²) in [6, 6.07) is 2.13. The second-order valence-electron chi connectivity index (χ2n) is 9.72. The molecular weight excluding hydrogens is 492 g/mol. The molecule has 0 N–H and O–H groups in total. The summed E-state index contributed by atoms with van der Waals surface area (Å²) in [5, 5.41) is 9.88. The Morgan fingerprint density at radius 3 is 2.36 bits per heavy atom. The van der Waals surface area contributed by atoms with Gasteiger partial charge in [0.25, 0.3) is 11.5 Å². The standard InChI is InChI=1S/C27H38N4O3S2/c1-6-8-10-11-13-31-26(33)23(36-27(31)35)14-21-20(5)22(15-28)25(32)30(12-9-7-2)24(21)29-16-18(3)34-19(4)17-29/h14,18-19H,6-13,16-17H2,1-5H3/b23-14-. The number of rotatable bonds is 10. The molecule has 0 aliphatic carbocycles. The van der Waals surface area contributed by atoms with E-state index in [1.807, 2.05) is 19.9 Å². The van der Waals surface area contributed by atoms with Gasteiger partial charge in [0.1, 0.15) is 21.8 Å². The topological polar surface area (TPSA) is 78.6 Å². The first kappa shape index (κ1) is 28.4. The summed E-state index contributed by atoms with van der Waals surface area (Å²) in [6.07, 6.45) is 7.83. The van der Waals surface area contributed by atoms with Gasteiger partial charge < -0.3 is 9.64 Å². The number of nitriles is 1. The van der Waals surface area contributed by atoms with Crippen molar-refractivity contribution in [1.82, 2.24) is 9.47 Å². The van der Waals surface area contributed by atoms with Crippen LogP contribution in [0.2, 0.25) is 0 Å². The molecule has 1 amide bonds. The molecule has 0 spiro atoms. The van der Waals surface area contributed by atoms with Crippen LogP contribution < -0.4 is 10.5 Å². The van der Waals surface area contributed by atoms with Gasteiger partial charge in [-0.1, -0.05) is 63.5 Å². The van der Waals surface area contributed by atoms with E-state index in [-0.39, 0.29) is 29.2 Å². The van der Waals surface area contributed by atoms with Crippen LogP contribution in [0.1, 0.15) is 82.9 Å². The number of ether oxygens (including phenoxy) is 1. The van der Waals surface area contributed by atoms with Gasteiger partial charge in [0, 0.05) is 31.7 Å². The van der Waals surface area contributed by atoms with Crippen LogP contribution in [0.4, 0.5) is 5.82 Å². The first-order valence-electron chi connectivity index (χ1n) is 13.1. The van der Waals surface area contributed by atoms with Gasteiger partial charge in [-0.3, -0.25) is 19.1 Å². The van der Waals surface area contributed by atoms with Crippen LogP contribution in [0, 0.1) is 18.3 Å². The summed E-state index contributed by atoms with van der Waals surface area (Å²) in [4.78, 5) is 31.2. The molecule has 9 heteroatoms. The number of hydrogen-bond donors (Lipinski definition) is 0. The van der Waals surface area contributed by atoms with Crippen LogP contribution >= 0.6 is 24.0 Å². The lowest BCUT2D eigenvalue weighted by Gasteiger charge is -2.39. The summed E-state index contributed by atoms with van der Waals surface area (Å²) in [6.45, 7) is 12.5. The Bertz CT molecular complexity index is 1110. The van der Waals surface area contributed by atoms with Gasteiger partial charge in [0.15, 0.2) is 0 Å². The third-order valence-electron chi connectivity index (χ3n) is 6.69. The predicted octanol–water partition coefficient (Wildman–Crippen LogP) is 5.22. The minimum Gasteiger partial charge on any atom is -0.372 e. The number of carbonyl (C=O) groups excluding carboxylic acids is 1. The quantitative estimate of drug-likeness (QED) is 0.233. The molecule has 0 bridgehead atoms. The van der Waals surface area contributed by atoms with Gasteiger partial charge in [0.05, 0.1) is 17.1 Å². The Hall–Kier alpha value is -2.15. The van der Waals surface area contributed by atoms with E-state index in [4.69, 9.17) is 17.0 Å². The minimum atomic E-state index is -0.272. The van der Waals surface area contributed by atoms with Crippen molar-refractivity contribution in [1.29, 1.82) is 5.26 Å². The number of nitrogens with zero attached hydrogens (tertiary/aromatic N) is 4. The average Bonchev–Trinajstić information content (AvgIpc) is 3.09. The molecule has 2 saturated heterocycles. The van der Waals surface area contributed by atoms with Crippen LogP contribution in [-0.4, -0.2) is 51.5 Å². The molecule has 0 radical (unpaired) electrons. The molecular formula is C27H38N4O3S2. The zero-order chi connectivity index (χ0) is 26.4. The molecule has 2 aliphatic rings. The SMILES string of the molecule is CCCCCCN1C(=O)/C(=C/c2c(C)c(C#N)c(=O)n(CCCC)c2N2CC(C)OC(C)C2)SC1=S. The molecule has 2 fully saturated rings. The second-order valence-corrected chi connectivity index (χ2v) is 11.4. The number of thiocarbonyl (C=S) groups is 1. The van der Waals surface area contributed by atoms with Gasteiger partial charge >= 0.3 is 0 Å². The molecule has 36 heavy (non-hydrogen) atoms. The summed E-state index contributed by atoms with van der Waals surface area (Å²) < 4.78 is 8.26. The highest BCUT2D eigenvalue weighted by molar-refractivity contribution is 8.26. The number of unbranched alkanes of at least 4 members (excludes halogenated alkanes) is 4. The Morgan fingerprint density at radius 1 is 1.08 bits per heavy atom. The lowest BCUT2D eigenvalue weighted by Crippen LogP contribution is -2.48. The number of thioether (sulfide) groups is 1. The fraction of sp³-hybridized carbons (Fsp3) is 0.630. The van der Waals surface area contributed by atoms with Crippen molar-refractivity contribution in [3.05, 3.63) is 31.9 Å². The molecule has 2 unspecified atom stereocenters. The van der Waals surface area contributed by atoms with Crippen LogP contribution in [0.15, 0.2) is 9.70 Å². The highest BCUT2D eigenvalue weighted by atomic mass is 32.2. The molecule has 3 heterocycles. The number of amides is 1. The lowest BCUT2D eigenvalue weighted by atomic mass is 10.0. The van der Waals surface area contributed by atoms with Crippen LogP contribution in [0.25, 0.3) is 6.08 Å². The van der Waals surface area contributed by atoms with Crippen LogP contribution in [-0.2, 0) is 16.1 Å². The van der Waals surface area contributed by atoms with E-state index in [9.17, 15) is 14.9 Å². The Kier molecular flexibility index (Phi) is 10.2. The fourth-order valence-electron chi connectivity index (χ4n) is 4.88.